The largest absolute Gasteiger partial charge is 0.207 e. The summed E-state index contributed by atoms with van der Waals surface area (Å²) in [6.07, 6.45) is 5.78. The summed E-state index contributed by atoms with van der Waals surface area (Å²) in [5.41, 5.74) is 11.7. The summed E-state index contributed by atoms with van der Waals surface area (Å²) in [6, 6.07) is 42.9. The molecule has 316 valence electrons. The summed E-state index contributed by atoms with van der Waals surface area (Å²) in [4.78, 5) is 0. The summed E-state index contributed by atoms with van der Waals surface area (Å²) in [6.45, 7) is 20.6. The number of rotatable bonds is 6. The van der Waals surface area contributed by atoms with Gasteiger partial charge in [-0.05, 0) is 142 Å². The van der Waals surface area contributed by atoms with Gasteiger partial charge in [-0.3, -0.25) is 0 Å². The molecule has 0 aliphatic heterocycles. The van der Waals surface area contributed by atoms with Crippen LogP contribution in [-0.4, -0.2) is 0 Å². The zero-order valence-electron chi connectivity index (χ0n) is 35.5. The third-order valence-electron chi connectivity index (χ3n) is 8.74. The lowest BCUT2D eigenvalue weighted by Crippen LogP contribution is -1.91. The van der Waals surface area contributed by atoms with E-state index in [2.05, 4.69) is 127 Å². The zero-order valence-corrected chi connectivity index (χ0v) is 36.2. The van der Waals surface area contributed by atoms with Gasteiger partial charge in [0.25, 0.3) is 0 Å². The second-order valence-electron chi connectivity index (χ2n) is 13.6. The first-order chi connectivity index (χ1) is 26.8. The lowest BCUT2D eigenvalue weighted by molar-refractivity contribution is 0.559. The lowest BCUT2D eigenvalue weighted by Gasteiger charge is -1.98. The quantitative estimate of drug-likeness (QED) is 0.157. The van der Waals surface area contributed by atoms with E-state index in [1.807, 2.05) is 38.1 Å². The third-order valence-corrected chi connectivity index (χ3v) is 8.96. The van der Waals surface area contributed by atoms with E-state index in [1.165, 1.54) is 57.1 Å². The van der Waals surface area contributed by atoms with Gasteiger partial charge >= 0.3 is 0 Å². The first-order valence-electron chi connectivity index (χ1n) is 19.9. The molecule has 58 heavy (non-hydrogen) atoms. The Balaban J connectivity index is 0. The first-order valence-corrected chi connectivity index (χ1v) is 20.3. The van der Waals surface area contributed by atoms with E-state index in [4.69, 9.17) is 11.6 Å². The fourth-order valence-electron chi connectivity index (χ4n) is 5.26. The van der Waals surface area contributed by atoms with Gasteiger partial charge in [0.2, 0.25) is 0 Å². The van der Waals surface area contributed by atoms with E-state index in [0.29, 0.717) is 6.42 Å². The molecule has 0 unspecified atom stereocenters. The van der Waals surface area contributed by atoms with Crippen LogP contribution in [0.5, 0.6) is 0 Å². The Bertz CT molecular complexity index is 1760. The maximum absolute atomic E-state index is 12.6. The molecule has 0 atom stereocenters. The van der Waals surface area contributed by atoms with E-state index in [9.17, 15) is 13.2 Å². The molecule has 6 aromatic carbocycles. The molecule has 0 saturated heterocycles. The maximum atomic E-state index is 12.6. The normalized spacial score (nSPS) is 9.34. The van der Waals surface area contributed by atoms with Crippen molar-refractivity contribution in [2.24, 2.45) is 0 Å². The summed E-state index contributed by atoms with van der Waals surface area (Å²) in [7, 11) is 0. The van der Waals surface area contributed by atoms with E-state index in [-0.39, 0.29) is 26.2 Å². The Morgan fingerprint density at radius 3 is 1.07 bits per heavy atom. The summed E-state index contributed by atoms with van der Waals surface area (Å²) in [5.74, 6) is -1.04. The zero-order chi connectivity index (χ0) is 41.9. The molecule has 0 bridgehead atoms. The highest BCUT2D eigenvalue weighted by molar-refractivity contribution is 6.30. The smallest absolute Gasteiger partial charge is 0.129 e. The average Bonchev–Trinajstić information content (AvgIpc) is 3.19. The summed E-state index contributed by atoms with van der Waals surface area (Å²) in [5, 5.41) is 0.844. The van der Waals surface area contributed by atoms with Gasteiger partial charge in [-0.2, -0.15) is 0 Å². The topological polar surface area (TPSA) is 0 Å². The number of hydrogen-bond acceptors (Lipinski definition) is 0. The van der Waals surface area contributed by atoms with Gasteiger partial charge in [0.1, 0.15) is 17.5 Å². The minimum absolute atomic E-state index is 0. The fraction of sp³-hybridized carbons (Fsp3) is 0.333. The SMILES string of the molecule is C.C.CCc1c(F)cccc1F.CCc1cc(C)cc(Cl)c1.CCc1cc(C)cc(F)c1.CCc1ccc(C)cc1.CCc1ccc(C)cc1.CCc1ccccc1. The number of aryl methyl sites for hydroxylation is 9. The fourth-order valence-corrected chi connectivity index (χ4v) is 5.58. The first kappa shape index (κ1) is 55.5. The van der Waals surface area contributed by atoms with Gasteiger partial charge in [-0.25, -0.2) is 13.2 Å². The molecule has 0 saturated carbocycles. The third kappa shape index (κ3) is 24.2. The van der Waals surface area contributed by atoms with E-state index < -0.39 is 11.6 Å². The average molecular weight is 814 g/mol. The molecule has 0 aliphatic carbocycles. The van der Waals surface area contributed by atoms with Gasteiger partial charge in [0, 0.05) is 10.6 Å². The summed E-state index contributed by atoms with van der Waals surface area (Å²) >= 11 is 5.83. The molecule has 0 spiro atoms. The van der Waals surface area contributed by atoms with Crippen LogP contribution in [0.25, 0.3) is 0 Å². The Hall–Kier alpha value is -4.60. The van der Waals surface area contributed by atoms with Crippen molar-refractivity contribution >= 4 is 11.6 Å². The number of halogens is 4. The van der Waals surface area contributed by atoms with Crippen molar-refractivity contribution in [2.75, 3.05) is 0 Å². The molecule has 0 nitrogen and oxygen atoms in total. The van der Waals surface area contributed by atoms with Crippen molar-refractivity contribution in [1.82, 2.24) is 0 Å². The van der Waals surface area contributed by atoms with Crippen LogP contribution in [0.1, 0.15) is 112 Å². The molecular formula is C54H72ClF3. The molecule has 0 N–H and O–H groups in total. The van der Waals surface area contributed by atoms with Crippen molar-refractivity contribution < 1.29 is 13.2 Å². The van der Waals surface area contributed by atoms with Crippen molar-refractivity contribution in [1.29, 1.82) is 0 Å². The van der Waals surface area contributed by atoms with Crippen molar-refractivity contribution in [2.45, 2.75) is 123 Å². The van der Waals surface area contributed by atoms with Crippen LogP contribution >= 0.6 is 11.6 Å². The second kappa shape index (κ2) is 32.4. The van der Waals surface area contributed by atoms with Gasteiger partial charge < -0.3 is 0 Å². The molecule has 0 aliphatic rings. The Kier molecular flexibility index (Phi) is 31.0. The van der Waals surface area contributed by atoms with Crippen LogP contribution in [0.3, 0.4) is 0 Å². The highest BCUT2D eigenvalue weighted by Crippen LogP contribution is 2.15. The van der Waals surface area contributed by atoms with E-state index >= 15 is 0 Å². The van der Waals surface area contributed by atoms with Gasteiger partial charge in [0.15, 0.2) is 0 Å². The van der Waals surface area contributed by atoms with Crippen LogP contribution < -0.4 is 0 Å². The highest BCUT2D eigenvalue weighted by Gasteiger charge is 2.03. The molecular weight excluding hydrogens is 741 g/mol. The van der Waals surface area contributed by atoms with Crippen LogP contribution in [0, 0.1) is 45.1 Å². The molecule has 0 amide bonds. The minimum atomic E-state index is -0.456. The molecule has 0 heterocycles. The van der Waals surface area contributed by atoms with Gasteiger partial charge in [-0.15, -0.1) is 0 Å². The predicted molar refractivity (Wildman–Crippen MR) is 252 cm³/mol. The Morgan fingerprint density at radius 2 is 0.741 bits per heavy atom. The predicted octanol–water partition coefficient (Wildman–Crippen LogP) is 17.1. The van der Waals surface area contributed by atoms with Crippen LogP contribution in [0.2, 0.25) is 5.02 Å². The van der Waals surface area contributed by atoms with Gasteiger partial charge in [0.05, 0.1) is 0 Å². The van der Waals surface area contributed by atoms with Crippen molar-refractivity contribution in [3.63, 3.8) is 0 Å². The Morgan fingerprint density at radius 1 is 0.362 bits per heavy atom. The van der Waals surface area contributed by atoms with E-state index in [1.54, 1.807) is 19.1 Å². The maximum Gasteiger partial charge on any atom is 0.129 e. The lowest BCUT2D eigenvalue weighted by atomic mass is 10.1. The minimum Gasteiger partial charge on any atom is -0.207 e. The monoisotopic (exact) mass is 813 g/mol. The molecule has 4 heteroatoms. The molecule has 0 fully saturated rings. The highest BCUT2D eigenvalue weighted by atomic mass is 35.5. The molecule has 0 radical (unpaired) electrons. The van der Waals surface area contributed by atoms with Crippen LogP contribution in [-0.2, 0) is 38.5 Å². The van der Waals surface area contributed by atoms with Crippen molar-refractivity contribution in [3.8, 4) is 0 Å². The second-order valence-corrected chi connectivity index (χ2v) is 14.0. The molecule has 6 aromatic rings. The van der Waals surface area contributed by atoms with Crippen LogP contribution in [0.15, 0.2) is 133 Å². The molecule has 0 aromatic heterocycles. The van der Waals surface area contributed by atoms with Crippen molar-refractivity contribution in [3.05, 3.63) is 212 Å². The standard InChI is InChI=1S/C9H11Cl.C9H11F.2C9H12.C8H8F2.C8H10.2CH4/c2*1-3-8-4-7(2)5-9(10)6-8;2*1-3-9-6-4-8(2)5-7-9;1-2-6-7(9)4-3-5-8(6)10;1-2-8-6-4-3-5-7-8;;/h2*4-6H,3H2,1-2H3;2*4-7H,3H2,1-2H3;3-5H,2H2,1H3;3-7H,2H2,1H3;2*1H4. The summed E-state index contributed by atoms with van der Waals surface area (Å²) < 4.78 is 37.8. The molecule has 6 rings (SSSR count). The Labute approximate surface area is 357 Å². The van der Waals surface area contributed by atoms with Crippen LogP contribution in [0.4, 0.5) is 13.2 Å². The number of hydrogen-bond donors (Lipinski definition) is 0. The number of benzene rings is 6. The van der Waals surface area contributed by atoms with E-state index in [0.717, 1.165) is 48.3 Å². The van der Waals surface area contributed by atoms with Gasteiger partial charge in [-0.1, -0.05) is 176 Å².